The molecule has 0 saturated heterocycles. The van der Waals surface area contributed by atoms with Gasteiger partial charge in [0.15, 0.2) is 0 Å². The van der Waals surface area contributed by atoms with Crippen molar-refractivity contribution >= 4 is 27.6 Å². The number of hydroxylamine groups is 1. The Morgan fingerprint density at radius 3 is 3.00 bits per heavy atom. The molecule has 1 unspecified atom stereocenters. The Morgan fingerprint density at radius 1 is 1.60 bits per heavy atom. The van der Waals surface area contributed by atoms with Crippen molar-refractivity contribution < 1.29 is 9.63 Å². The summed E-state index contributed by atoms with van der Waals surface area (Å²) < 4.78 is 0. The highest BCUT2D eigenvalue weighted by Gasteiger charge is 2.15. The van der Waals surface area contributed by atoms with E-state index in [0.717, 1.165) is 5.03 Å². The van der Waals surface area contributed by atoms with Gasteiger partial charge < -0.3 is 4.84 Å². The number of carbonyl (C=O) groups excluding carboxylic acids is 1. The highest BCUT2D eigenvalue weighted by Crippen LogP contribution is 2.33. The van der Waals surface area contributed by atoms with E-state index in [2.05, 4.69) is 15.3 Å². The third kappa shape index (κ3) is 4.55. The highest BCUT2D eigenvalue weighted by atomic mass is 33.1. The van der Waals surface area contributed by atoms with E-state index in [4.69, 9.17) is 0 Å². The molecule has 0 saturated carbocycles. The fourth-order valence-corrected chi connectivity index (χ4v) is 2.61. The molecule has 1 N–H and O–H groups in total. The molecular formula is C9H12N2O2S2. The highest BCUT2D eigenvalue weighted by molar-refractivity contribution is 8.77. The second kappa shape index (κ2) is 6.71. The average molecular weight is 244 g/mol. The maximum absolute atomic E-state index is 11.2. The molecule has 0 bridgehead atoms. The second-order valence-electron chi connectivity index (χ2n) is 2.61. The molecule has 0 fully saturated rings. The van der Waals surface area contributed by atoms with Crippen molar-refractivity contribution in [3.05, 3.63) is 24.4 Å². The number of rotatable bonds is 5. The predicted molar refractivity (Wildman–Crippen MR) is 62.3 cm³/mol. The Bertz CT molecular complexity index is 308. The number of pyridine rings is 1. The molecule has 6 heteroatoms. The van der Waals surface area contributed by atoms with Crippen molar-refractivity contribution in [3.63, 3.8) is 0 Å². The molecule has 82 valence electrons. The molecule has 0 radical (unpaired) electrons. The Hall–Kier alpha value is -0.720. The lowest BCUT2D eigenvalue weighted by molar-refractivity contribution is -0.148. The summed E-state index contributed by atoms with van der Waals surface area (Å²) in [6.45, 7) is 1.79. The molecular weight excluding hydrogens is 232 g/mol. The molecule has 4 nitrogen and oxygen atoms in total. The number of nitrogens with zero attached hydrogens (tertiary/aromatic N) is 1. The van der Waals surface area contributed by atoms with E-state index >= 15 is 0 Å². The summed E-state index contributed by atoms with van der Waals surface area (Å²) in [5.74, 6) is -0.286. The number of nitrogens with one attached hydrogen (secondary N) is 1. The molecule has 0 spiro atoms. The number of hydrogen-bond donors (Lipinski definition) is 1. The van der Waals surface area contributed by atoms with Crippen molar-refractivity contribution in [1.82, 2.24) is 10.5 Å². The summed E-state index contributed by atoms with van der Waals surface area (Å²) in [5.41, 5.74) is 2.36. The van der Waals surface area contributed by atoms with Crippen molar-refractivity contribution in [2.24, 2.45) is 0 Å². The van der Waals surface area contributed by atoms with Crippen LogP contribution in [0.3, 0.4) is 0 Å². The molecule has 1 heterocycles. The van der Waals surface area contributed by atoms with Gasteiger partial charge in [0, 0.05) is 13.2 Å². The summed E-state index contributed by atoms with van der Waals surface area (Å²) in [7, 11) is 4.43. The van der Waals surface area contributed by atoms with Crippen LogP contribution in [0.4, 0.5) is 0 Å². The molecule has 1 atom stereocenters. The number of carbonyl (C=O) groups is 1. The van der Waals surface area contributed by atoms with Gasteiger partial charge in [-0.15, -0.1) is 0 Å². The fraction of sp³-hybridized carbons (Fsp3) is 0.333. The normalized spacial score (nSPS) is 12.1. The van der Waals surface area contributed by atoms with Gasteiger partial charge in [-0.3, -0.25) is 0 Å². The van der Waals surface area contributed by atoms with Gasteiger partial charge in [0.1, 0.15) is 10.3 Å². The Kier molecular flexibility index (Phi) is 5.52. The Balaban J connectivity index is 2.34. The minimum atomic E-state index is -0.286. The van der Waals surface area contributed by atoms with Crippen LogP contribution in [0.5, 0.6) is 0 Å². The van der Waals surface area contributed by atoms with Crippen molar-refractivity contribution in [3.8, 4) is 0 Å². The van der Waals surface area contributed by atoms with E-state index in [1.807, 2.05) is 18.2 Å². The lowest BCUT2D eigenvalue weighted by Crippen LogP contribution is -2.22. The van der Waals surface area contributed by atoms with E-state index in [1.165, 1.54) is 21.6 Å². The smallest absolute Gasteiger partial charge is 0.338 e. The van der Waals surface area contributed by atoms with Crippen LogP contribution in [0.15, 0.2) is 29.4 Å². The summed E-state index contributed by atoms with van der Waals surface area (Å²) in [6, 6.07) is 5.66. The molecule has 0 amide bonds. The Morgan fingerprint density at radius 2 is 2.40 bits per heavy atom. The molecule has 0 aliphatic carbocycles. The lowest BCUT2D eigenvalue weighted by Gasteiger charge is -2.08. The molecule has 15 heavy (non-hydrogen) atoms. The first-order valence-electron chi connectivity index (χ1n) is 4.36. The molecule has 0 aliphatic rings. The monoisotopic (exact) mass is 244 g/mol. The van der Waals surface area contributed by atoms with Crippen LogP contribution in [-0.2, 0) is 9.63 Å². The summed E-state index contributed by atoms with van der Waals surface area (Å²) >= 11 is 0. The quantitative estimate of drug-likeness (QED) is 0.630. The van der Waals surface area contributed by atoms with Gasteiger partial charge in [0.05, 0.1) is 0 Å². The maximum atomic E-state index is 11.2. The van der Waals surface area contributed by atoms with Crippen LogP contribution < -0.4 is 5.48 Å². The largest absolute Gasteiger partial charge is 0.370 e. The SMILES string of the molecule is CNOC(=O)C(C)SSc1ccccn1. The van der Waals surface area contributed by atoms with Crippen LogP contribution in [0, 0.1) is 0 Å². The van der Waals surface area contributed by atoms with Crippen LogP contribution in [0.2, 0.25) is 0 Å². The molecule has 1 aromatic heterocycles. The number of aromatic nitrogens is 1. The summed E-state index contributed by atoms with van der Waals surface area (Å²) in [4.78, 5) is 20.0. The van der Waals surface area contributed by atoms with Crippen LogP contribution in [0.25, 0.3) is 0 Å². The first kappa shape index (κ1) is 12.4. The van der Waals surface area contributed by atoms with Crippen molar-refractivity contribution in [2.45, 2.75) is 17.2 Å². The zero-order valence-corrected chi connectivity index (χ0v) is 10.1. The molecule has 1 aromatic rings. The third-order valence-corrected chi connectivity index (χ3v) is 4.11. The molecule has 1 rings (SSSR count). The van der Waals surface area contributed by atoms with Gasteiger partial charge in [0.25, 0.3) is 0 Å². The topological polar surface area (TPSA) is 51.2 Å². The first-order valence-corrected chi connectivity index (χ1v) is 6.57. The van der Waals surface area contributed by atoms with Gasteiger partial charge in [0.2, 0.25) is 0 Å². The third-order valence-electron chi connectivity index (χ3n) is 1.45. The van der Waals surface area contributed by atoms with Crippen molar-refractivity contribution in [2.75, 3.05) is 7.05 Å². The van der Waals surface area contributed by atoms with E-state index in [-0.39, 0.29) is 11.2 Å². The van der Waals surface area contributed by atoms with Gasteiger partial charge >= 0.3 is 5.97 Å². The molecule has 0 aromatic carbocycles. The fourth-order valence-electron chi connectivity index (χ4n) is 0.741. The van der Waals surface area contributed by atoms with Crippen molar-refractivity contribution in [1.29, 1.82) is 0 Å². The average Bonchev–Trinajstić information content (AvgIpc) is 2.27. The maximum Gasteiger partial charge on any atom is 0.338 e. The summed E-state index contributed by atoms with van der Waals surface area (Å²) in [5, 5.41) is 0.649. The zero-order chi connectivity index (χ0) is 11.1. The zero-order valence-electron chi connectivity index (χ0n) is 8.47. The van der Waals surface area contributed by atoms with Gasteiger partial charge in [-0.1, -0.05) is 16.9 Å². The van der Waals surface area contributed by atoms with E-state index in [0.29, 0.717) is 0 Å². The second-order valence-corrected chi connectivity index (χ2v) is 5.18. The van der Waals surface area contributed by atoms with E-state index < -0.39 is 0 Å². The van der Waals surface area contributed by atoms with E-state index in [9.17, 15) is 4.79 Å². The lowest BCUT2D eigenvalue weighted by atomic mass is 10.5. The van der Waals surface area contributed by atoms with Gasteiger partial charge in [-0.2, -0.15) is 5.48 Å². The Labute approximate surface area is 96.5 Å². The minimum Gasteiger partial charge on any atom is -0.370 e. The first-order chi connectivity index (χ1) is 7.24. The minimum absolute atomic E-state index is 0.232. The summed E-state index contributed by atoms with van der Waals surface area (Å²) in [6.07, 6.45) is 1.72. The van der Waals surface area contributed by atoms with Crippen LogP contribution >= 0.6 is 21.6 Å². The van der Waals surface area contributed by atoms with Crippen LogP contribution in [-0.4, -0.2) is 23.3 Å². The van der Waals surface area contributed by atoms with Crippen LogP contribution in [0.1, 0.15) is 6.92 Å². The van der Waals surface area contributed by atoms with Gasteiger partial charge in [-0.25, -0.2) is 9.78 Å². The predicted octanol–water partition coefficient (Wildman–Crippen LogP) is 1.89. The van der Waals surface area contributed by atoms with E-state index in [1.54, 1.807) is 20.2 Å². The molecule has 0 aliphatic heterocycles. The number of hydrogen-bond acceptors (Lipinski definition) is 6. The standard InChI is InChI=1S/C9H12N2O2S2/c1-7(9(12)13-10-2)14-15-8-5-3-4-6-11-8/h3-7,10H,1-2H3. The van der Waals surface area contributed by atoms with Gasteiger partial charge in [-0.05, 0) is 29.9 Å².